The first kappa shape index (κ1) is 24.6. The fourth-order valence-electron chi connectivity index (χ4n) is 3.25. The zero-order valence-electron chi connectivity index (χ0n) is 19.6. The van der Waals surface area contributed by atoms with Gasteiger partial charge in [0.1, 0.15) is 5.75 Å². The summed E-state index contributed by atoms with van der Waals surface area (Å²) in [6.07, 6.45) is 3.66. The molecule has 0 saturated heterocycles. The van der Waals surface area contributed by atoms with Gasteiger partial charge in [-0.05, 0) is 67.3 Å². The maximum absolute atomic E-state index is 12.4. The van der Waals surface area contributed by atoms with Gasteiger partial charge in [-0.3, -0.25) is 9.36 Å². The summed E-state index contributed by atoms with van der Waals surface area (Å²) in [6.45, 7) is 2.04. The molecule has 0 aliphatic heterocycles. The highest BCUT2D eigenvalue weighted by Crippen LogP contribution is 2.29. The molecule has 4 rings (SSSR count). The van der Waals surface area contributed by atoms with Gasteiger partial charge in [0.2, 0.25) is 0 Å². The number of ether oxygens (including phenoxy) is 1. The fraction of sp³-hybridized carbons (Fsp3) is 0.154. The van der Waals surface area contributed by atoms with Gasteiger partial charge >= 0.3 is 0 Å². The van der Waals surface area contributed by atoms with Crippen molar-refractivity contribution in [3.63, 3.8) is 0 Å². The van der Waals surface area contributed by atoms with Crippen LogP contribution in [-0.2, 0) is 4.79 Å². The summed E-state index contributed by atoms with van der Waals surface area (Å²) in [5.41, 5.74) is 6.46. The Kier molecular flexibility index (Phi) is 8.23. The van der Waals surface area contributed by atoms with Crippen LogP contribution < -0.4 is 10.2 Å². The number of carbonyl (C=O) groups is 1. The van der Waals surface area contributed by atoms with Gasteiger partial charge in [0.05, 0.1) is 19.1 Å². The number of thioether (sulfide) groups is 2. The Labute approximate surface area is 213 Å². The molecule has 4 aromatic rings. The number of rotatable bonds is 9. The van der Waals surface area contributed by atoms with Crippen LogP contribution in [0, 0.1) is 6.92 Å². The molecule has 0 saturated carbocycles. The van der Waals surface area contributed by atoms with Crippen LogP contribution in [0.15, 0.2) is 87.9 Å². The zero-order chi connectivity index (χ0) is 24.6. The number of carbonyl (C=O) groups excluding carboxylic acids is 1. The summed E-state index contributed by atoms with van der Waals surface area (Å²) in [4.78, 5) is 13.6. The largest absolute Gasteiger partial charge is 0.497 e. The molecule has 35 heavy (non-hydrogen) atoms. The van der Waals surface area contributed by atoms with E-state index in [2.05, 4.69) is 20.7 Å². The van der Waals surface area contributed by atoms with Crippen molar-refractivity contribution < 1.29 is 9.53 Å². The quantitative estimate of drug-likeness (QED) is 0.192. The highest BCUT2D eigenvalue weighted by Gasteiger charge is 2.17. The van der Waals surface area contributed by atoms with E-state index in [-0.39, 0.29) is 11.7 Å². The second-order valence-electron chi connectivity index (χ2n) is 7.56. The van der Waals surface area contributed by atoms with E-state index in [1.807, 2.05) is 90.5 Å². The van der Waals surface area contributed by atoms with E-state index < -0.39 is 0 Å². The first-order valence-corrected chi connectivity index (χ1v) is 13.0. The van der Waals surface area contributed by atoms with E-state index in [0.29, 0.717) is 11.0 Å². The van der Waals surface area contributed by atoms with Crippen LogP contribution >= 0.6 is 23.5 Å². The van der Waals surface area contributed by atoms with Crippen molar-refractivity contribution in [1.29, 1.82) is 0 Å². The van der Waals surface area contributed by atoms with Crippen molar-refractivity contribution in [3.8, 4) is 22.8 Å². The second kappa shape index (κ2) is 11.7. The third-order valence-electron chi connectivity index (χ3n) is 5.12. The minimum Gasteiger partial charge on any atom is -0.497 e. The molecular formula is C26H25N5O2S2. The normalized spacial score (nSPS) is 11.1. The Morgan fingerprint density at radius 2 is 1.74 bits per heavy atom. The summed E-state index contributed by atoms with van der Waals surface area (Å²) >= 11 is 2.98. The molecule has 3 aromatic carbocycles. The number of hydrogen-bond acceptors (Lipinski definition) is 7. The van der Waals surface area contributed by atoms with Crippen molar-refractivity contribution in [2.75, 3.05) is 19.1 Å². The molecular weight excluding hydrogens is 478 g/mol. The number of hydrazone groups is 1. The molecule has 1 heterocycles. The average Bonchev–Trinajstić information content (AvgIpc) is 3.32. The lowest BCUT2D eigenvalue weighted by Crippen LogP contribution is -2.20. The SMILES string of the molecule is COc1ccc(-c2nnc(SCC(=O)N/N=C/c3ccc(SC)cc3)n2-c2ccc(C)cc2)cc1. The Morgan fingerprint density at radius 3 is 2.40 bits per heavy atom. The minimum absolute atomic E-state index is 0.148. The molecule has 1 amide bonds. The molecule has 0 aliphatic carbocycles. The highest BCUT2D eigenvalue weighted by atomic mass is 32.2. The van der Waals surface area contributed by atoms with E-state index in [0.717, 1.165) is 28.1 Å². The molecule has 0 spiro atoms. The van der Waals surface area contributed by atoms with E-state index >= 15 is 0 Å². The smallest absolute Gasteiger partial charge is 0.250 e. The summed E-state index contributed by atoms with van der Waals surface area (Å²) in [5.74, 6) is 1.37. The summed E-state index contributed by atoms with van der Waals surface area (Å²) < 4.78 is 7.22. The Bertz CT molecular complexity index is 1300. The third kappa shape index (κ3) is 6.32. The van der Waals surface area contributed by atoms with Crippen LogP contribution in [0.2, 0.25) is 0 Å². The molecule has 0 aliphatic rings. The molecule has 178 valence electrons. The highest BCUT2D eigenvalue weighted by molar-refractivity contribution is 7.99. The Morgan fingerprint density at radius 1 is 1.03 bits per heavy atom. The number of methoxy groups -OCH3 is 1. The van der Waals surface area contributed by atoms with Crippen molar-refractivity contribution in [3.05, 3.63) is 83.9 Å². The lowest BCUT2D eigenvalue weighted by molar-refractivity contribution is -0.118. The number of nitrogens with zero attached hydrogens (tertiary/aromatic N) is 4. The zero-order valence-corrected chi connectivity index (χ0v) is 21.3. The number of benzene rings is 3. The Hall–Kier alpha value is -3.56. The van der Waals surface area contributed by atoms with Gasteiger partial charge in [0.15, 0.2) is 11.0 Å². The minimum atomic E-state index is -0.226. The predicted octanol–water partition coefficient (Wildman–Crippen LogP) is 5.22. The van der Waals surface area contributed by atoms with E-state index in [9.17, 15) is 4.79 Å². The van der Waals surface area contributed by atoms with Crippen LogP contribution in [0.4, 0.5) is 0 Å². The maximum atomic E-state index is 12.4. The van der Waals surface area contributed by atoms with Gasteiger partial charge in [0.25, 0.3) is 5.91 Å². The molecule has 0 radical (unpaired) electrons. The van der Waals surface area contributed by atoms with Gasteiger partial charge in [-0.25, -0.2) is 5.43 Å². The van der Waals surface area contributed by atoms with Crippen molar-refractivity contribution in [2.45, 2.75) is 17.0 Å². The molecule has 0 unspecified atom stereocenters. The van der Waals surface area contributed by atoms with Crippen LogP contribution in [0.3, 0.4) is 0 Å². The monoisotopic (exact) mass is 503 g/mol. The number of amides is 1. The molecule has 0 bridgehead atoms. The maximum Gasteiger partial charge on any atom is 0.250 e. The van der Waals surface area contributed by atoms with E-state index in [1.165, 1.54) is 16.7 Å². The number of nitrogens with one attached hydrogen (secondary N) is 1. The standard InChI is InChI=1S/C26H25N5O2S2/c1-18-4-10-21(11-5-18)31-25(20-8-12-22(33-2)13-9-20)29-30-26(31)35-17-24(32)28-27-16-19-6-14-23(34-3)15-7-19/h4-16H,17H2,1-3H3,(H,28,32)/b27-16+. The van der Waals surface area contributed by atoms with Crippen molar-refractivity contribution in [1.82, 2.24) is 20.2 Å². The third-order valence-corrected chi connectivity index (χ3v) is 6.80. The molecule has 9 heteroatoms. The van der Waals surface area contributed by atoms with Gasteiger partial charge < -0.3 is 4.74 Å². The van der Waals surface area contributed by atoms with Crippen molar-refractivity contribution >= 4 is 35.6 Å². The summed E-state index contributed by atoms with van der Waals surface area (Å²) in [7, 11) is 1.63. The topological polar surface area (TPSA) is 81.4 Å². The molecule has 1 aromatic heterocycles. The van der Waals surface area contributed by atoms with Crippen LogP contribution in [-0.4, -0.2) is 46.0 Å². The second-order valence-corrected chi connectivity index (χ2v) is 9.38. The Balaban J connectivity index is 1.49. The van der Waals surface area contributed by atoms with Gasteiger partial charge in [-0.2, -0.15) is 5.10 Å². The van der Waals surface area contributed by atoms with Crippen molar-refractivity contribution in [2.24, 2.45) is 5.10 Å². The first-order valence-electron chi connectivity index (χ1n) is 10.8. The van der Waals surface area contributed by atoms with E-state index in [1.54, 1.807) is 25.1 Å². The molecule has 7 nitrogen and oxygen atoms in total. The number of aromatic nitrogens is 3. The number of aryl methyl sites for hydroxylation is 1. The summed E-state index contributed by atoms with van der Waals surface area (Å²) in [6, 6.07) is 23.7. The summed E-state index contributed by atoms with van der Waals surface area (Å²) in [5, 5.41) is 13.5. The average molecular weight is 504 g/mol. The lowest BCUT2D eigenvalue weighted by atomic mass is 10.2. The van der Waals surface area contributed by atoms with Gasteiger partial charge in [-0.15, -0.1) is 22.0 Å². The van der Waals surface area contributed by atoms with Crippen LogP contribution in [0.25, 0.3) is 17.1 Å². The van der Waals surface area contributed by atoms with Crippen LogP contribution in [0.1, 0.15) is 11.1 Å². The van der Waals surface area contributed by atoms with Gasteiger partial charge in [-0.1, -0.05) is 41.6 Å². The molecule has 1 N–H and O–H groups in total. The van der Waals surface area contributed by atoms with E-state index in [4.69, 9.17) is 4.74 Å². The number of hydrogen-bond donors (Lipinski definition) is 1. The first-order chi connectivity index (χ1) is 17.1. The predicted molar refractivity (Wildman–Crippen MR) is 143 cm³/mol. The van der Waals surface area contributed by atoms with Crippen LogP contribution in [0.5, 0.6) is 5.75 Å². The fourth-order valence-corrected chi connectivity index (χ4v) is 4.40. The lowest BCUT2D eigenvalue weighted by Gasteiger charge is -2.11. The van der Waals surface area contributed by atoms with Gasteiger partial charge in [0, 0.05) is 16.1 Å². The molecule has 0 atom stereocenters. The molecule has 0 fully saturated rings.